The van der Waals surface area contributed by atoms with Crippen molar-refractivity contribution in [2.75, 3.05) is 13.2 Å². The molecular formula is C13H17N3O3. The van der Waals surface area contributed by atoms with E-state index in [1.54, 1.807) is 12.1 Å². The number of hydrogen-bond donors (Lipinski definition) is 3. The van der Waals surface area contributed by atoms with E-state index < -0.39 is 11.9 Å². The topological polar surface area (TPSA) is 93.5 Å². The lowest BCUT2D eigenvalue weighted by molar-refractivity contribution is -0.122. The van der Waals surface area contributed by atoms with E-state index in [0.717, 1.165) is 5.56 Å². The minimum atomic E-state index is -0.577. The fraction of sp³-hybridized carbons (Fsp3) is 0.231. The molecule has 0 aliphatic heterocycles. The second-order valence-corrected chi connectivity index (χ2v) is 3.68. The highest BCUT2D eigenvalue weighted by Gasteiger charge is 2.07. The van der Waals surface area contributed by atoms with Crippen LogP contribution >= 0.6 is 0 Å². The van der Waals surface area contributed by atoms with E-state index in [1.165, 1.54) is 6.08 Å². The molecule has 0 fully saturated rings. The van der Waals surface area contributed by atoms with Crippen molar-refractivity contribution in [3.8, 4) is 5.75 Å². The number of ether oxygens (including phenoxy) is 1. The first-order chi connectivity index (χ1) is 9.15. The number of amides is 3. The van der Waals surface area contributed by atoms with E-state index in [2.05, 4.69) is 17.2 Å². The average molecular weight is 263 g/mol. The van der Waals surface area contributed by atoms with Crippen molar-refractivity contribution in [1.29, 1.82) is 0 Å². The van der Waals surface area contributed by atoms with E-state index in [0.29, 0.717) is 18.8 Å². The Balaban J connectivity index is 2.32. The number of imide groups is 1. The summed E-state index contributed by atoms with van der Waals surface area (Å²) < 4.78 is 5.22. The van der Waals surface area contributed by atoms with Crippen molar-refractivity contribution in [2.24, 2.45) is 5.73 Å². The van der Waals surface area contributed by atoms with Gasteiger partial charge in [0.2, 0.25) is 0 Å². The third-order valence-corrected chi connectivity index (χ3v) is 2.19. The van der Waals surface area contributed by atoms with Crippen LogP contribution in [0.4, 0.5) is 4.79 Å². The lowest BCUT2D eigenvalue weighted by atomic mass is 10.2. The number of carbonyl (C=O) groups excluding carboxylic acids is 2. The fourth-order valence-electron chi connectivity index (χ4n) is 1.24. The number of rotatable bonds is 6. The molecule has 0 saturated carbocycles. The van der Waals surface area contributed by atoms with Gasteiger partial charge in [-0.2, -0.15) is 0 Å². The summed E-state index contributed by atoms with van der Waals surface area (Å²) in [5, 5.41) is 4.54. The second-order valence-electron chi connectivity index (χ2n) is 3.68. The van der Waals surface area contributed by atoms with Gasteiger partial charge < -0.3 is 15.8 Å². The molecule has 0 aromatic heterocycles. The predicted octanol–water partition coefficient (Wildman–Crippen LogP) is 0.536. The Hall–Kier alpha value is -2.34. The number of nitrogens with two attached hydrogens (primary N) is 1. The minimum absolute atomic E-state index is 0.233. The zero-order valence-corrected chi connectivity index (χ0v) is 10.5. The van der Waals surface area contributed by atoms with Gasteiger partial charge in [-0.25, -0.2) is 4.79 Å². The molecule has 102 valence electrons. The number of urea groups is 1. The highest BCUT2D eigenvalue weighted by atomic mass is 16.5. The molecule has 0 radical (unpaired) electrons. The molecule has 0 heterocycles. The van der Waals surface area contributed by atoms with Gasteiger partial charge >= 0.3 is 6.03 Å². The normalized spacial score (nSPS) is 9.53. The number of benzene rings is 1. The van der Waals surface area contributed by atoms with Crippen LogP contribution in [0.2, 0.25) is 0 Å². The van der Waals surface area contributed by atoms with Crippen LogP contribution in [-0.4, -0.2) is 25.1 Å². The van der Waals surface area contributed by atoms with Gasteiger partial charge in [0.15, 0.2) is 6.61 Å². The van der Waals surface area contributed by atoms with Crippen molar-refractivity contribution < 1.29 is 14.3 Å². The van der Waals surface area contributed by atoms with Gasteiger partial charge in [0.1, 0.15) is 5.75 Å². The van der Waals surface area contributed by atoms with Crippen LogP contribution < -0.4 is 21.1 Å². The Morgan fingerprint density at radius 1 is 1.32 bits per heavy atom. The lowest BCUT2D eigenvalue weighted by Gasteiger charge is -2.07. The molecule has 0 unspecified atom stereocenters. The lowest BCUT2D eigenvalue weighted by Crippen LogP contribution is -2.41. The molecule has 6 heteroatoms. The molecule has 19 heavy (non-hydrogen) atoms. The summed E-state index contributed by atoms with van der Waals surface area (Å²) in [5.41, 5.74) is 6.43. The molecular weight excluding hydrogens is 246 g/mol. The van der Waals surface area contributed by atoms with Crippen molar-refractivity contribution in [3.63, 3.8) is 0 Å². The summed E-state index contributed by atoms with van der Waals surface area (Å²) in [4.78, 5) is 22.5. The highest BCUT2D eigenvalue weighted by Crippen LogP contribution is 2.11. The van der Waals surface area contributed by atoms with E-state index in [9.17, 15) is 9.59 Å². The molecule has 1 rings (SSSR count). The molecule has 0 spiro atoms. The van der Waals surface area contributed by atoms with Crippen LogP contribution in [0, 0.1) is 0 Å². The zero-order valence-electron chi connectivity index (χ0n) is 10.5. The van der Waals surface area contributed by atoms with Crippen molar-refractivity contribution in [3.05, 3.63) is 42.5 Å². The first-order valence-corrected chi connectivity index (χ1v) is 5.76. The third-order valence-electron chi connectivity index (χ3n) is 2.19. The number of carbonyl (C=O) groups is 2. The first kappa shape index (κ1) is 14.7. The molecule has 0 aliphatic carbocycles. The summed E-state index contributed by atoms with van der Waals surface area (Å²) in [6.07, 6.45) is 1.51. The second kappa shape index (κ2) is 7.88. The van der Waals surface area contributed by atoms with Crippen molar-refractivity contribution in [2.45, 2.75) is 6.54 Å². The first-order valence-electron chi connectivity index (χ1n) is 5.76. The number of nitrogens with one attached hydrogen (secondary N) is 2. The standard InChI is InChI=1S/C13H17N3O3/c1-2-7-15-13(18)16-12(17)9-19-11-5-3-10(8-14)4-6-11/h2-6H,1,7-9,14H2,(H2,15,16,17,18). The maximum atomic E-state index is 11.4. The molecule has 4 N–H and O–H groups in total. The zero-order chi connectivity index (χ0) is 14.1. The number of hydrogen-bond acceptors (Lipinski definition) is 4. The van der Waals surface area contributed by atoms with Crippen LogP contribution in [0.5, 0.6) is 5.75 Å². The predicted molar refractivity (Wildman–Crippen MR) is 71.6 cm³/mol. The molecule has 3 amide bonds. The maximum absolute atomic E-state index is 11.4. The molecule has 0 bridgehead atoms. The van der Waals surface area contributed by atoms with E-state index in [1.807, 2.05) is 12.1 Å². The van der Waals surface area contributed by atoms with Gasteiger partial charge in [-0.3, -0.25) is 10.1 Å². The van der Waals surface area contributed by atoms with Gasteiger partial charge in [-0.1, -0.05) is 18.2 Å². The Morgan fingerprint density at radius 3 is 2.58 bits per heavy atom. The average Bonchev–Trinajstić information content (AvgIpc) is 2.43. The summed E-state index contributed by atoms with van der Waals surface area (Å²) in [6.45, 7) is 3.95. The third kappa shape index (κ3) is 5.69. The summed E-state index contributed by atoms with van der Waals surface area (Å²) in [5.74, 6) is 0.0170. The molecule has 0 aliphatic rings. The Kier molecular flexibility index (Phi) is 6.11. The minimum Gasteiger partial charge on any atom is -0.484 e. The largest absolute Gasteiger partial charge is 0.484 e. The van der Waals surface area contributed by atoms with E-state index in [-0.39, 0.29) is 6.61 Å². The Bertz CT molecular complexity index is 443. The monoisotopic (exact) mass is 263 g/mol. The van der Waals surface area contributed by atoms with Crippen molar-refractivity contribution >= 4 is 11.9 Å². The molecule has 1 aromatic rings. The van der Waals surface area contributed by atoms with Crippen LogP contribution in [-0.2, 0) is 11.3 Å². The Labute approximate surface area is 111 Å². The van der Waals surface area contributed by atoms with Crippen LogP contribution in [0.1, 0.15) is 5.56 Å². The van der Waals surface area contributed by atoms with Gasteiger partial charge in [0.05, 0.1) is 0 Å². The van der Waals surface area contributed by atoms with Crippen LogP contribution in [0.25, 0.3) is 0 Å². The van der Waals surface area contributed by atoms with Gasteiger partial charge in [-0.15, -0.1) is 6.58 Å². The molecule has 0 atom stereocenters. The quantitative estimate of drug-likeness (QED) is 0.653. The van der Waals surface area contributed by atoms with E-state index in [4.69, 9.17) is 10.5 Å². The van der Waals surface area contributed by atoms with E-state index >= 15 is 0 Å². The smallest absolute Gasteiger partial charge is 0.321 e. The molecule has 1 aromatic carbocycles. The van der Waals surface area contributed by atoms with Gasteiger partial charge in [0.25, 0.3) is 5.91 Å². The van der Waals surface area contributed by atoms with Crippen molar-refractivity contribution in [1.82, 2.24) is 10.6 Å². The van der Waals surface area contributed by atoms with Crippen LogP contribution in [0.3, 0.4) is 0 Å². The van der Waals surface area contributed by atoms with Crippen LogP contribution in [0.15, 0.2) is 36.9 Å². The molecule has 6 nitrogen and oxygen atoms in total. The Morgan fingerprint density at radius 2 is 2.00 bits per heavy atom. The summed E-state index contributed by atoms with van der Waals surface area (Å²) in [7, 11) is 0. The highest BCUT2D eigenvalue weighted by molar-refractivity contribution is 5.95. The summed E-state index contributed by atoms with van der Waals surface area (Å²) in [6, 6.07) is 6.47. The van der Waals surface area contributed by atoms with Gasteiger partial charge in [-0.05, 0) is 17.7 Å². The maximum Gasteiger partial charge on any atom is 0.321 e. The fourth-order valence-corrected chi connectivity index (χ4v) is 1.24. The molecule has 0 saturated heterocycles. The van der Waals surface area contributed by atoms with Gasteiger partial charge in [0, 0.05) is 13.1 Å². The summed E-state index contributed by atoms with van der Waals surface area (Å²) >= 11 is 0. The SMILES string of the molecule is C=CCNC(=O)NC(=O)COc1ccc(CN)cc1.